The van der Waals surface area contributed by atoms with Crippen LogP contribution in [0.5, 0.6) is 0 Å². The highest BCUT2D eigenvalue weighted by molar-refractivity contribution is 7.16. The second-order valence-corrected chi connectivity index (χ2v) is 6.01. The lowest BCUT2D eigenvalue weighted by molar-refractivity contribution is 0.392. The summed E-state index contributed by atoms with van der Waals surface area (Å²) in [4.78, 5) is 0.868. The maximum atomic E-state index is 6.22. The number of hydrogen-bond donors (Lipinski definition) is 1. The summed E-state index contributed by atoms with van der Waals surface area (Å²) >= 11 is 1.55. The molecule has 2 heterocycles. The fourth-order valence-corrected chi connectivity index (χ4v) is 2.91. The minimum atomic E-state index is -0.359. The van der Waals surface area contributed by atoms with Gasteiger partial charge in [0.2, 0.25) is 4.96 Å². The van der Waals surface area contributed by atoms with Crippen LogP contribution in [0.25, 0.3) is 4.96 Å². The van der Waals surface area contributed by atoms with Crippen LogP contribution in [0.4, 0.5) is 0 Å². The van der Waals surface area contributed by atoms with Crippen molar-refractivity contribution in [2.75, 3.05) is 0 Å². The lowest BCUT2D eigenvalue weighted by Crippen LogP contribution is -2.32. The number of hydrogen-bond acceptors (Lipinski definition) is 5. The van der Waals surface area contributed by atoms with Crippen molar-refractivity contribution in [2.24, 2.45) is 5.73 Å². The van der Waals surface area contributed by atoms with E-state index in [2.05, 4.69) is 22.2 Å². The van der Waals surface area contributed by atoms with Crippen molar-refractivity contribution in [3.05, 3.63) is 10.8 Å². The van der Waals surface area contributed by atoms with Gasteiger partial charge in [0.25, 0.3) is 0 Å². The molecule has 0 bridgehead atoms. The smallest absolute Gasteiger partial charge is 0.234 e. The predicted octanol–water partition coefficient (Wildman–Crippen LogP) is 2.04. The normalized spacial score (nSPS) is 20.4. The van der Waals surface area contributed by atoms with Gasteiger partial charge in [-0.2, -0.15) is 9.61 Å². The second kappa shape index (κ2) is 3.74. The van der Waals surface area contributed by atoms with Crippen LogP contribution < -0.4 is 5.73 Å². The van der Waals surface area contributed by atoms with Gasteiger partial charge in [0, 0.05) is 5.92 Å². The van der Waals surface area contributed by atoms with Gasteiger partial charge in [-0.3, -0.25) is 0 Å². The molecule has 2 aromatic rings. The Morgan fingerprint density at radius 1 is 1.47 bits per heavy atom. The topological polar surface area (TPSA) is 69.1 Å². The predicted molar refractivity (Wildman–Crippen MR) is 67.1 cm³/mol. The largest absolute Gasteiger partial charge is 0.320 e. The zero-order valence-electron chi connectivity index (χ0n) is 10.2. The van der Waals surface area contributed by atoms with Crippen LogP contribution in [0, 0.1) is 0 Å². The van der Waals surface area contributed by atoms with E-state index in [-0.39, 0.29) is 5.54 Å². The summed E-state index contributed by atoms with van der Waals surface area (Å²) in [5.74, 6) is 1.56. The minimum absolute atomic E-state index is 0.359. The molecule has 0 radical (unpaired) electrons. The molecule has 1 saturated carbocycles. The first-order chi connectivity index (χ1) is 8.12. The molecular weight excluding hydrogens is 234 g/mol. The molecule has 5 nitrogen and oxygen atoms in total. The average molecular weight is 251 g/mol. The molecule has 92 valence electrons. The van der Waals surface area contributed by atoms with Crippen molar-refractivity contribution in [2.45, 2.75) is 51.0 Å². The molecular formula is C11H17N5S. The summed E-state index contributed by atoms with van der Waals surface area (Å²) in [6.45, 7) is 4.09. The maximum absolute atomic E-state index is 6.22. The second-order valence-electron chi connectivity index (χ2n) is 5.06. The molecule has 0 amide bonds. The van der Waals surface area contributed by atoms with Gasteiger partial charge < -0.3 is 5.73 Å². The average Bonchev–Trinajstić information content (AvgIpc) is 2.77. The third kappa shape index (κ3) is 1.66. The van der Waals surface area contributed by atoms with Crippen LogP contribution in [-0.4, -0.2) is 19.8 Å². The van der Waals surface area contributed by atoms with Crippen molar-refractivity contribution in [1.29, 1.82) is 0 Å². The van der Waals surface area contributed by atoms with E-state index in [4.69, 9.17) is 5.73 Å². The zero-order chi connectivity index (χ0) is 12.0. The third-order valence-corrected chi connectivity index (χ3v) is 4.89. The lowest BCUT2D eigenvalue weighted by atomic mass is 9.85. The SMILES string of the molecule is CCC(C)(N)c1nn2c(C3CCC3)nnc2s1. The van der Waals surface area contributed by atoms with Gasteiger partial charge in [-0.1, -0.05) is 24.7 Å². The summed E-state index contributed by atoms with van der Waals surface area (Å²) in [5.41, 5.74) is 5.86. The molecule has 1 aliphatic carbocycles. The number of nitrogens with two attached hydrogens (primary N) is 1. The van der Waals surface area contributed by atoms with Crippen LogP contribution >= 0.6 is 11.3 Å². The quantitative estimate of drug-likeness (QED) is 0.906. The number of aromatic nitrogens is 4. The number of nitrogens with zero attached hydrogens (tertiary/aromatic N) is 4. The van der Waals surface area contributed by atoms with Gasteiger partial charge in [-0.25, -0.2) is 0 Å². The Labute approximate surface area is 104 Å². The summed E-state index contributed by atoms with van der Waals surface area (Å²) in [7, 11) is 0. The first-order valence-electron chi connectivity index (χ1n) is 6.13. The van der Waals surface area contributed by atoms with E-state index in [0.717, 1.165) is 22.2 Å². The maximum Gasteiger partial charge on any atom is 0.234 e. The molecule has 1 aliphatic rings. The van der Waals surface area contributed by atoms with Crippen molar-refractivity contribution in [3.63, 3.8) is 0 Å². The molecule has 1 atom stereocenters. The monoisotopic (exact) mass is 251 g/mol. The molecule has 0 aromatic carbocycles. The molecule has 2 N–H and O–H groups in total. The van der Waals surface area contributed by atoms with E-state index in [0.29, 0.717) is 5.92 Å². The Kier molecular flexibility index (Phi) is 2.45. The molecule has 1 unspecified atom stereocenters. The van der Waals surface area contributed by atoms with Gasteiger partial charge >= 0.3 is 0 Å². The summed E-state index contributed by atoms with van der Waals surface area (Å²) in [6, 6.07) is 0. The molecule has 17 heavy (non-hydrogen) atoms. The highest BCUT2D eigenvalue weighted by atomic mass is 32.1. The van der Waals surface area contributed by atoms with Crippen LogP contribution in [-0.2, 0) is 5.54 Å². The first kappa shape index (κ1) is 11.1. The van der Waals surface area contributed by atoms with Crippen molar-refractivity contribution < 1.29 is 0 Å². The van der Waals surface area contributed by atoms with E-state index in [1.54, 1.807) is 11.3 Å². The first-order valence-corrected chi connectivity index (χ1v) is 6.95. The molecule has 6 heteroatoms. The highest BCUT2D eigenvalue weighted by Gasteiger charge is 2.29. The Balaban J connectivity index is 2.04. The van der Waals surface area contributed by atoms with Gasteiger partial charge in [0.15, 0.2) is 5.82 Å². The van der Waals surface area contributed by atoms with Crippen LogP contribution in [0.3, 0.4) is 0 Å². The molecule has 1 fully saturated rings. The molecule has 3 rings (SSSR count). The molecule has 2 aromatic heterocycles. The number of rotatable bonds is 3. The standard InChI is InChI=1S/C11H17N5S/c1-3-11(2,12)9-15-16-8(7-5-4-6-7)13-14-10(16)17-9/h7H,3-6,12H2,1-2H3. The highest BCUT2D eigenvalue weighted by Crippen LogP contribution is 2.36. The summed E-state index contributed by atoms with van der Waals surface area (Å²) < 4.78 is 1.89. The van der Waals surface area contributed by atoms with Crippen molar-refractivity contribution in [1.82, 2.24) is 19.8 Å². The van der Waals surface area contributed by atoms with E-state index < -0.39 is 0 Å². The molecule has 0 spiro atoms. The van der Waals surface area contributed by atoms with E-state index >= 15 is 0 Å². The zero-order valence-corrected chi connectivity index (χ0v) is 11.0. The molecule has 0 saturated heterocycles. The fraction of sp³-hybridized carbons (Fsp3) is 0.727. The Hall–Kier alpha value is -1.01. The fourth-order valence-electron chi connectivity index (χ4n) is 1.94. The summed E-state index contributed by atoms with van der Waals surface area (Å²) in [6.07, 6.45) is 4.58. The Morgan fingerprint density at radius 2 is 2.24 bits per heavy atom. The van der Waals surface area contributed by atoms with Gasteiger partial charge in [0.1, 0.15) is 5.01 Å². The molecule has 0 aliphatic heterocycles. The number of fused-ring (bicyclic) bond motifs is 1. The van der Waals surface area contributed by atoms with Crippen LogP contribution in [0.1, 0.15) is 56.3 Å². The van der Waals surface area contributed by atoms with Crippen LogP contribution in [0.15, 0.2) is 0 Å². The minimum Gasteiger partial charge on any atom is -0.320 e. The van der Waals surface area contributed by atoms with Crippen LogP contribution in [0.2, 0.25) is 0 Å². The van der Waals surface area contributed by atoms with E-state index in [1.165, 1.54) is 19.3 Å². The Bertz CT molecular complexity index is 537. The van der Waals surface area contributed by atoms with Crippen molar-refractivity contribution >= 4 is 16.3 Å². The van der Waals surface area contributed by atoms with E-state index in [1.807, 2.05) is 11.4 Å². The Morgan fingerprint density at radius 3 is 2.82 bits per heavy atom. The summed E-state index contributed by atoms with van der Waals surface area (Å²) in [5, 5.41) is 14.0. The third-order valence-electron chi connectivity index (χ3n) is 3.71. The van der Waals surface area contributed by atoms with Gasteiger partial charge in [-0.05, 0) is 26.2 Å². The van der Waals surface area contributed by atoms with E-state index in [9.17, 15) is 0 Å². The van der Waals surface area contributed by atoms with Gasteiger partial charge in [-0.15, -0.1) is 10.2 Å². The van der Waals surface area contributed by atoms with Crippen molar-refractivity contribution in [3.8, 4) is 0 Å². The lowest BCUT2D eigenvalue weighted by Gasteiger charge is -2.22. The van der Waals surface area contributed by atoms with Gasteiger partial charge in [0.05, 0.1) is 5.54 Å².